The zero-order chi connectivity index (χ0) is 8.39. The van der Waals surface area contributed by atoms with Crippen LogP contribution in [0.5, 0.6) is 0 Å². The van der Waals surface area contributed by atoms with Gasteiger partial charge in [-0.2, -0.15) is 0 Å². The molecule has 0 saturated heterocycles. The molecule has 0 unspecified atom stereocenters. The highest BCUT2D eigenvalue weighted by molar-refractivity contribution is 5.78. The third-order valence-corrected chi connectivity index (χ3v) is 2.00. The van der Waals surface area contributed by atoms with Crippen molar-refractivity contribution in [3.05, 3.63) is 42.1 Å². The largest absolute Gasteiger partial charge is 0.256 e. The van der Waals surface area contributed by atoms with Gasteiger partial charge in [0.25, 0.3) is 0 Å². The second kappa shape index (κ2) is 2.94. The molecule has 1 aromatic carbocycles. The summed E-state index contributed by atoms with van der Waals surface area (Å²) in [5, 5.41) is 1.09. The fourth-order valence-corrected chi connectivity index (χ4v) is 1.27. The first kappa shape index (κ1) is 7.29. The number of rotatable bonds is 1. The van der Waals surface area contributed by atoms with Crippen molar-refractivity contribution >= 4 is 10.9 Å². The number of aromatic nitrogens is 1. The van der Waals surface area contributed by atoms with Crippen molar-refractivity contribution in [2.75, 3.05) is 0 Å². The van der Waals surface area contributed by atoms with Crippen molar-refractivity contribution in [3.8, 4) is 0 Å². The minimum atomic E-state index is 1.04. The van der Waals surface area contributed by atoms with Crippen LogP contribution in [-0.4, -0.2) is 4.98 Å². The normalized spacial score (nSPS) is 10.4. The van der Waals surface area contributed by atoms with Gasteiger partial charge in [-0.25, -0.2) is 0 Å². The number of fused-ring (bicyclic) bond motifs is 1. The van der Waals surface area contributed by atoms with Gasteiger partial charge in [0, 0.05) is 11.6 Å². The molecule has 1 heterocycles. The second-order valence-corrected chi connectivity index (χ2v) is 2.79. The Morgan fingerprint density at radius 1 is 1.42 bits per heavy atom. The summed E-state index contributed by atoms with van der Waals surface area (Å²) < 4.78 is 0. The van der Waals surface area contributed by atoms with Gasteiger partial charge in [-0.1, -0.05) is 19.1 Å². The van der Waals surface area contributed by atoms with Crippen LogP contribution >= 0.6 is 0 Å². The molecule has 0 aliphatic rings. The third-order valence-electron chi connectivity index (χ3n) is 2.00. The summed E-state index contributed by atoms with van der Waals surface area (Å²) in [7, 11) is 0. The summed E-state index contributed by atoms with van der Waals surface area (Å²) in [6.07, 6.45) is 2.84. The molecule has 0 amide bonds. The van der Waals surface area contributed by atoms with Gasteiger partial charge in [0.2, 0.25) is 0 Å². The van der Waals surface area contributed by atoms with Crippen molar-refractivity contribution in [2.45, 2.75) is 13.3 Å². The van der Waals surface area contributed by atoms with E-state index < -0.39 is 0 Å². The van der Waals surface area contributed by atoms with E-state index in [0.717, 1.165) is 17.3 Å². The Bertz CT molecular complexity index is 393. The molecule has 0 bridgehead atoms. The predicted molar refractivity (Wildman–Crippen MR) is 50.0 cm³/mol. The zero-order valence-corrected chi connectivity index (χ0v) is 7.04. The monoisotopic (exact) mass is 156 g/mol. The summed E-state index contributed by atoms with van der Waals surface area (Å²) in [6, 6.07) is 11.3. The van der Waals surface area contributed by atoms with Crippen LogP contribution in [0.15, 0.2) is 30.5 Å². The van der Waals surface area contributed by atoms with Crippen LogP contribution < -0.4 is 0 Å². The number of hydrogen-bond acceptors (Lipinski definition) is 1. The summed E-state index contributed by atoms with van der Waals surface area (Å²) in [6.45, 7) is 2.15. The molecule has 0 atom stereocenters. The number of aryl methyl sites for hydroxylation is 1. The van der Waals surface area contributed by atoms with E-state index in [9.17, 15) is 0 Å². The maximum atomic E-state index is 4.26. The first-order chi connectivity index (χ1) is 5.90. The summed E-state index contributed by atoms with van der Waals surface area (Å²) in [5.41, 5.74) is 2.37. The Hall–Kier alpha value is -1.37. The topological polar surface area (TPSA) is 12.9 Å². The van der Waals surface area contributed by atoms with E-state index in [2.05, 4.69) is 36.2 Å². The van der Waals surface area contributed by atoms with Crippen LogP contribution in [0.1, 0.15) is 12.5 Å². The molecule has 59 valence electrons. The Morgan fingerprint density at radius 2 is 2.33 bits per heavy atom. The van der Waals surface area contributed by atoms with Gasteiger partial charge in [-0.15, -0.1) is 0 Å². The molecule has 0 fully saturated rings. The third kappa shape index (κ3) is 1.18. The molecule has 0 N–H and O–H groups in total. The minimum absolute atomic E-state index is 1.04. The maximum absolute atomic E-state index is 4.26. The van der Waals surface area contributed by atoms with E-state index in [4.69, 9.17) is 0 Å². The standard InChI is InChI=1S/C11H10N/c1-2-9-5-6-10-4-3-7-12-11(10)8-9/h3,5-8H,2H2,1H3. The molecule has 1 nitrogen and oxygen atoms in total. The van der Waals surface area contributed by atoms with Gasteiger partial charge in [0.1, 0.15) is 0 Å². The van der Waals surface area contributed by atoms with Gasteiger partial charge in [-0.3, -0.25) is 4.98 Å². The zero-order valence-electron chi connectivity index (χ0n) is 7.04. The second-order valence-electron chi connectivity index (χ2n) is 2.79. The average molecular weight is 156 g/mol. The molecule has 12 heavy (non-hydrogen) atoms. The lowest BCUT2D eigenvalue weighted by Gasteiger charge is -1.98. The summed E-state index contributed by atoms with van der Waals surface area (Å²) >= 11 is 0. The number of hydrogen-bond donors (Lipinski definition) is 0. The van der Waals surface area contributed by atoms with E-state index >= 15 is 0 Å². The molecular weight excluding hydrogens is 146 g/mol. The summed E-state index contributed by atoms with van der Waals surface area (Å²) in [5.74, 6) is 0. The van der Waals surface area contributed by atoms with Gasteiger partial charge in [0.15, 0.2) is 0 Å². The maximum Gasteiger partial charge on any atom is 0.0710 e. The predicted octanol–water partition coefficient (Wildman–Crippen LogP) is 2.60. The molecule has 1 aromatic heterocycles. The molecule has 1 radical (unpaired) electrons. The lowest BCUT2D eigenvalue weighted by molar-refractivity contribution is 1.14. The van der Waals surface area contributed by atoms with Crippen molar-refractivity contribution < 1.29 is 0 Å². The highest BCUT2D eigenvalue weighted by atomic mass is 14.6. The molecule has 0 aliphatic heterocycles. The fourth-order valence-electron chi connectivity index (χ4n) is 1.27. The lowest BCUT2D eigenvalue weighted by Crippen LogP contribution is -1.82. The van der Waals surface area contributed by atoms with E-state index in [1.807, 2.05) is 6.07 Å². The molecule has 0 aliphatic carbocycles. The van der Waals surface area contributed by atoms with E-state index in [1.165, 1.54) is 5.56 Å². The van der Waals surface area contributed by atoms with Crippen molar-refractivity contribution in [2.24, 2.45) is 0 Å². The number of pyridine rings is 1. The van der Waals surface area contributed by atoms with Crippen LogP contribution in [0.25, 0.3) is 10.9 Å². The van der Waals surface area contributed by atoms with Gasteiger partial charge in [-0.05, 0) is 30.2 Å². The quantitative estimate of drug-likeness (QED) is 0.618. The van der Waals surface area contributed by atoms with E-state index in [0.29, 0.717) is 0 Å². The van der Waals surface area contributed by atoms with Gasteiger partial charge in [0.05, 0.1) is 5.52 Å². The van der Waals surface area contributed by atoms with Gasteiger partial charge >= 0.3 is 0 Å². The first-order valence-electron chi connectivity index (χ1n) is 4.15. The number of benzene rings is 1. The fraction of sp³-hybridized carbons (Fsp3) is 0.182. The SMILES string of the molecule is CCc1ccc2[c]ccnc2c1. The first-order valence-corrected chi connectivity index (χ1v) is 4.15. The Balaban J connectivity index is 2.67. The molecular formula is C11H10N. The minimum Gasteiger partial charge on any atom is -0.256 e. The van der Waals surface area contributed by atoms with E-state index in [1.54, 1.807) is 6.20 Å². The van der Waals surface area contributed by atoms with Crippen LogP contribution in [-0.2, 0) is 6.42 Å². The number of nitrogens with zero attached hydrogens (tertiary/aromatic N) is 1. The van der Waals surface area contributed by atoms with Gasteiger partial charge < -0.3 is 0 Å². The summed E-state index contributed by atoms with van der Waals surface area (Å²) in [4.78, 5) is 4.26. The lowest BCUT2D eigenvalue weighted by atomic mass is 10.1. The molecule has 2 rings (SSSR count). The Labute approximate surface area is 72.1 Å². The van der Waals surface area contributed by atoms with Crippen LogP contribution in [0.4, 0.5) is 0 Å². The molecule has 2 aromatic rings. The van der Waals surface area contributed by atoms with Crippen LogP contribution in [0.2, 0.25) is 0 Å². The Kier molecular flexibility index (Phi) is 1.78. The van der Waals surface area contributed by atoms with E-state index in [-0.39, 0.29) is 0 Å². The Morgan fingerprint density at radius 3 is 3.17 bits per heavy atom. The van der Waals surface area contributed by atoms with Crippen molar-refractivity contribution in [1.82, 2.24) is 4.98 Å². The molecule has 0 spiro atoms. The highest BCUT2D eigenvalue weighted by Crippen LogP contribution is 2.12. The average Bonchev–Trinajstić information content (AvgIpc) is 2.17. The smallest absolute Gasteiger partial charge is 0.0710 e. The molecule has 1 heteroatoms. The highest BCUT2D eigenvalue weighted by Gasteiger charge is 1.93. The van der Waals surface area contributed by atoms with Crippen LogP contribution in [0.3, 0.4) is 0 Å². The van der Waals surface area contributed by atoms with Crippen LogP contribution in [0, 0.1) is 6.07 Å². The van der Waals surface area contributed by atoms with Crippen molar-refractivity contribution in [1.29, 1.82) is 0 Å². The van der Waals surface area contributed by atoms with Crippen molar-refractivity contribution in [3.63, 3.8) is 0 Å². The molecule has 0 saturated carbocycles.